The minimum absolute atomic E-state index is 0.0159. The highest BCUT2D eigenvalue weighted by molar-refractivity contribution is 5.83. The van der Waals surface area contributed by atoms with Crippen LogP contribution in [0.3, 0.4) is 0 Å². The molecule has 5 heteroatoms. The molecule has 1 saturated heterocycles. The van der Waals surface area contributed by atoms with Gasteiger partial charge >= 0.3 is 0 Å². The zero-order valence-electron chi connectivity index (χ0n) is 17.6. The summed E-state index contributed by atoms with van der Waals surface area (Å²) >= 11 is 0. The van der Waals surface area contributed by atoms with Crippen LogP contribution in [-0.4, -0.2) is 46.0 Å². The Morgan fingerprint density at radius 3 is 2.48 bits per heavy atom. The Balaban J connectivity index is 1.81. The van der Waals surface area contributed by atoms with E-state index >= 15 is 0 Å². The molecule has 1 amide bonds. The summed E-state index contributed by atoms with van der Waals surface area (Å²) in [6.07, 6.45) is 2.16. The summed E-state index contributed by atoms with van der Waals surface area (Å²) in [6.45, 7) is 3.71. The molecule has 1 fully saturated rings. The van der Waals surface area contributed by atoms with Crippen molar-refractivity contribution in [3.63, 3.8) is 0 Å². The average molecular weight is 398 g/mol. The molecule has 156 valence electrons. The molecular weight excluding hydrogens is 366 g/mol. The van der Waals surface area contributed by atoms with Crippen LogP contribution in [0.4, 0.5) is 0 Å². The molecule has 1 atom stereocenters. The molecule has 3 rings (SSSR count). The molecule has 1 heterocycles. The fourth-order valence-corrected chi connectivity index (χ4v) is 3.95. The van der Waals surface area contributed by atoms with Gasteiger partial charge in [0.25, 0.3) is 0 Å². The van der Waals surface area contributed by atoms with Crippen LogP contribution in [0.2, 0.25) is 0 Å². The van der Waals surface area contributed by atoms with E-state index in [0.29, 0.717) is 26.2 Å². The molecule has 0 bridgehead atoms. The van der Waals surface area contributed by atoms with Gasteiger partial charge in [-0.1, -0.05) is 36.4 Å². The van der Waals surface area contributed by atoms with Crippen LogP contribution in [0.15, 0.2) is 48.5 Å². The highest BCUT2D eigenvalue weighted by Crippen LogP contribution is 2.36. The molecule has 29 heavy (non-hydrogen) atoms. The maximum Gasteiger partial charge on any atom is 0.227 e. The number of methoxy groups -OCH3 is 2. The summed E-state index contributed by atoms with van der Waals surface area (Å²) in [4.78, 5) is 13.2. The summed E-state index contributed by atoms with van der Waals surface area (Å²) in [6, 6.07) is 16.5. The summed E-state index contributed by atoms with van der Waals surface area (Å²) in [7, 11) is 3.32. The standard InChI is InChI=1S/C24H31NO4/c1-18(17-27-2)25-23(26)24(11-13-29-14-12-24)16-19-5-4-6-21(15-19)20-7-9-22(28-3)10-8-20/h4-10,15,18H,11-14,16-17H2,1-3H3,(H,25,26)/t18-/m0/s1. The van der Waals surface area contributed by atoms with Gasteiger partial charge in [-0.25, -0.2) is 0 Å². The van der Waals surface area contributed by atoms with Gasteiger partial charge in [0.15, 0.2) is 0 Å². The van der Waals surface area contributed by atoms with Crippen LogP contribution in [0.25, 0.3) is 11.1 Å². The fourth-order valence-electron chi connectivity index (χ4n) is 3.95. The van der Waals surface area contributed by atoms with Crippen LogP contribution in [-0.2, 0) is 20.7 Å². The number of rotatable bonds is 8. The molecule has 5 nitrogen and oxygen atoms in total. The number of ether oxygens (including phenoxy) is 3. The van der Waals surface area contributed by atoms with Crippen LogP contribution in [0, 0.1) is 5.41 Å². The highest BCUT2D eigenvalue weighted by Gasteiger charge is 2.40. The SMILES string of the molecule is COC[C@H](C)NC(=O)C1(Cc2cccc(-c3ccc(OC)cc3)c2)CCOCC1. The van der Waals surface area contributed by atoms with Crippen molar-refractivity contribution in [3.8, 4) is 16.9 Å². The van der Waals surface area contributed by atoms with E-state index < -0.39 is 5.41 Å². The van der Waals surface area contributed by atoms with Gasteiger partial charge in [-0.05, 0) is 55.0 Å². The average Bonchev–Trinajstić information content (AvgIpc) is 2.75. The minimum atomic E-state index is -0.446. The van der Waals surface area contributed by atoms with E-state index in [1.807, 2.05) is 19.1 Å². The maximum absolute atomic E-state index is 13.2. The molecule has 2 aromatic rings. The number of carbonyl (C=O) groups excluding carboxylic acids is 1. The number of hydrogen-bond donors (Lipinski definition) is 1. The number of benzene rings is 2. The monoisotopic (exact) mass is 397 g/mol. The first-order chi connectivity index (χ1) is 14.1. The lowest BCUT2D eigenvalue weighted by Gasteiger charge is -2.37. The lowest BCUT2D eigenvalue weighted by Crippen LogP contribution is -2.49. The molecule has 0 spiro atoms. The molecular formula is C24H31NO4. The smallest absolute Gasteiger partial charge is 0.227 e. The third kappa shape index (κ3) is 5.37. The Hall–Kier alpha value is -2.37. The van der Waals surface area contributed by atoms with Crippen LogP contribution < -0.4 is 10.1 Å². The second kappa shape index (κ2) is 9.90. The quantitative estimate of drug-likeness (QED) is 0.735. The van der Waals surface area contributed by atoms with Crippen molar-refractivity contribution in [1.29, 1.82) is 0 Å². The molecule has 2 aromatic carbocycles. The number of nitrogens with one attached hydrogen (secondary N) is 1. The first-order valence-corrected chi connectivity index (χ1v) is 10.2. The maximum atomic E-state index is 13.2. The third-order valence-corrected chi connectivity index (χ3v) is 5.62. The first-order valence-electron chi connectivity index (χ1n) is 10.2. The molecule has 0 saturated carbocycles. The Kier molecular flexibility index (Phi) is 7.29. The topological polar surface area (TPSA) is 56.8 Å². The lowest BCUT2D eigenvalue weighted by molar-refractivity contribution is -0.137. The van der Waals surface area contributed by atoms with Gasteiger partial charge in [-0.3, -0.25) is 4.79 Å². The molecule has 0 aromatic heterocycles. The van der Waals surface area contributed by atoms with E-state index in [4.69, 9.17) is 14.2 Å². The molecule has 0 radical (unpaired) electrons. The summed E-state index contributed by atoms with van der Waals surface area (Å²) in [5.74, 6) is 0.938. The number of hydrogen-bond acceptors (Lipinski definition) is 4. The zero-order valence-corrected chi connectivity index (χ0v) is 17.6. The van der Waals surface area contributed by atoms with Gasteiger partial charge in [0, 0.05) is 26.4 Å². The van der Waals surface area contributed by atoms with E-state index in [0.717, 1.165) is 35.3 Å². The summed E-state index contributed by atoms with van der Waals surface area (Å²) < 4.78 is 16.0. The van der Waals surface area contributed by atoms with Crippen molar-refractivity contribution in [3.05, 3.63) is 54.1 Å². The third-order valence-electron chi connectivity index (χ3n) is 5.62. The van der Waals surface area contributed by atoms with Crippen LogP contribution in [0.5, 0.6) is 5.75 Å². The van der Waals surface area contributed by atoms with Gasteiger partial charge in [0.1, 0.15) is 5.75 Å². The Bertz CT molecular complexity index is 797. The molecule has 0 unspecified atom stereocenters. The number of carbonyl (C=O) groups is 1. The fraction of sp³-hybridized carbons (Fsp3) is 0.458. The largest absolute Gasteiger partial charge is 0.497 e. The Morgan fingerprint density at radius 2 is 1.83 bits per heavy atom. The van der Waals surface area contributed by atoms with E-state index in [9.17, 15) is 4.79 Å². The van der Waals surface area contributed by atoms with Gasteiger partial charge in [-0.2, -0.15) is 0 Å². The Labute approximate surface area is 173 Å². The van der Waals surface area contributed by atoms with Gasteiger partial charge in [0.05, 0.1) is 19.1 Å². The van der Waals surface area contributed by atoms with E-state index in [1.54, 1.807) is 14.2 Å². The first kappa shape index (κ1) is 21.3. The molecule has 1 aliphatic heterocycles. The van der Waals surface area contributed by atoms with E-state index in [1.165, 1.54) is 0 Å². The number of amides is 1. The van der Waals surface area contributed by atoms with E-state index in [-0.39, 0.29) is 11.9 Å². The van der Waals surface area contributed by atoms with Crippen LogP contribution in [0.1, 0.15) is 25.3 Å². The molecule has 0 aliphatic carbocycles. The van der Waals surface area contributed by atoms with Crippen molar-refractivity contribution >= 4 is 5.91 Å². The Morgan fingerprint density at radius 1 is 1.10 bits per heavy atom. The second-order valence-electron chi connectivity index (χ2n) is 7.83. The highest BCUT2D eigenvalue weighted by atomic mass is 16.5. The van der Waals surface area contributed by atoms with Crippen molar-refractivity contribution in [2.45, 2.75) is 32.2 Å². The lowest BCUT2D eigenvalue weighted by atomic mass is 9.74. The second-order valence-corrected chi connectivity index (χ2v) is 7.83. The summed E-state index contributed by atoms with van der Waals surface area (Å²) in [5.41, 5.74) is 2.99. The predicted molar refractivity (Wildman–Crippen MR) is 114 cm³/mol. The van der Waals surface area contributed by atoms with Crippen molar-refractivity contribution in [1.82, 2.24) is 5.32 Å². The van der Waals surface area contributed by atoms with Gasteiger partial charge < -0.3 is 19.5 Å². The normalized spacial score (nSPS) is 16.8. The van der Waals surface area contributed by atoms with Crippen molar-refractivity contribution in [2.75, 3.05) is 34.0 Å². The van der Waals surface area contributed by atoms with Crippen molar-refractivity contribution < 1.29 is 19.0 Å². The zero-order chi connectivity index (χ0) is 20.7. The van der Waals surface area contributed by atoms with Gasteiger partial charge in [-0.15, -0.1) is 0 Å². The van der Waals surface area contributed by atoms with E-state index in [2.05, 4.69) is 41.7 Å². The predicted octanol–water partition coefficient (Wildman–Crippen LogP) is 3.85. The minimum Gasteiger partial charge on any atom is -0.497 e. The van der Waals surface area contributed by atoms with Crippen molar-refractivity contribution in [2.24, 2.45) is 5.41 Å². The van der Waals surface area contributed by atoms with Crippen LogP contribution >= 0.6 is 0 Å². The molecule has 1 N–H and O–H groups in total. The van der Waals surface area contributed by atoms with Gasteiger partial charge in [0.2, 0.25) is 5.91 Å². The molecule has 1 aliphatic rings. The summed E-state index contributed by atoms with van der Waals surface area (Å²) in [5, 5.41) is 3.14.